The van der Waals surface area contributed by atoms with E-state index in [0.717, 1.165) is 5.69 Å². The van der Waals surface area contributed by atoms with Crippen LogP contribution in [0.1, 0.15) is 63.1 Å². The van der Waals surface area contributed by atoms with Crippen LogP contribution in [0, 0.1) is 11.3 Å². The molecule has 0 saturated carbocycles. The summed E-state index contributed by atoms with van der Waals surface area (Å²) in [5.41, 5.74) is 3.13. The van der Waals surface area contributed by atoms with Gasteiger partial charge in [-0.3, -0.25) is 14.3 Å². The molecule has 38 heavy (non-hydrogen) atoms. The maximum absolute atomic E-state index is 13.7. The summed E-state index contributed by atoms with van der Waals surface area (Å²) in [5.74, 6) is -0.473. The lowest BCUT2D eigenvalue weighted by Gasteiger charge is -2.35. The molecule has 0 fully saturated rings. The number of carbonyl (C=O) groups excluding carboxylic acids is 2. The van der Waals surface area contributed by atoms with Crippen molar-refractivity contribution < 1.29 is 23.1 Å². The predicted molar refractivity (Wildman–Crippen MR) is 134 cm³/mol. The second-order valence-electron chi connectivity index (χ2n) is 9.42. The van der Waals surface area contributed by atoms with Crippen LogP contribution in [0.2, 0.25) is 5.02 Å². The first-order valence-electron chi connectivity index (χ1n) is 12.1. The summed E-state index contributed by atoms with van der Waals surface area (Å²) in [7, 11) is 0. The van der Waals surface area contributed by atoms with Crippen LogP contribution in [0.3, 0.4) is 0 Å². The number of hydrogen-bond acceptors (Lipinski definition) is 5. The molecule has 0 radical (unpaired) electrons. The van der Waals surface area contributed by atoms with Crippen LogP contribution in [0.4, 0.5) is 8.78 Å². The van der Waals surface area contributed by atoms with E-state index in [0.29, 0.717) is 41.9 Å². The van der Waals surface area contributed by atoms with Gasteiger partial charge in [-0.25, -0.2) is 0 Å². The first-order valence-corrected chi connectivity index (χ1v) is 12.5. The molecule has 8 nitrogen and oxygen atoms in total. The number of carbonyl (C=O) groups is 2. The lowest BCUT2D eigenvalue weighted by atomic mass is 9.97. The zero-order valence-corrected chi connectivity index (χ0v) is 21.5. The third-order valence-corrected chi connectivity index (χ3v) is 7.46. The molecule has 2 aromatic carbocycles. The Labute approximate surface area is 223 Å². The van der Waals surface area contributed by atoms with Crippen molar-refractivity contribution >= 4 is 23.4 Å². The summed E-state index contributed by atoms with van der Waals surface area (Å²) in [6.07, 6.45) is 0.482. The third kappa shape index (κ3) is 4.58. The van der Waals surface area contributed by atoms with Crippen LogP contribution in [-0.2, 0) is 19.5 Å². The van der Waals surface area contributed by atoms with Crippen molar-refractivity contribution in [1.82, 2.24) is 19.6 Å². The number of ether oxygens (including phenoxy) is 1. The minimum atomic E-state index is -2.94. The van der Waals surface area contributed by atoms with Crippen LogP contribution in [-0.4, -0.2) is 50.6 Å². The van der Waals surface area contributed by atoms with Gasteiger partial charge in [0.15, 0.2) is 0 Å². The number of fused-ring (bicyclic) bond motifs is 3. The van der Waals surface area contributed by atoms with Gasteiger partial charge in [0.05, 0.1) is 35.4 Å². The minimum Gasteiger partial charge on any atom is -0.435 e. The number of rotatable bonds is 5. The molecule has 2 atom stereocenters. The Morgan fingerprint density at radius 3 is 2.76 bits per heavy atom. The van der Waals surface area contributed by atoms with Crippen molar-refractivity contribution in [3.63, 3.8) is 0 Å². The summed E-state index contributed by atoms with van der Waals surface area (Å²) >= 11 is 6.04. The fraction of sp³-hybridized carbons (Fsp3) is 0.333. The number of aromatic nitrogens is 2. The second-order valence-corrected chi connectivity index (χ2v) is 9.82. The maximum atomic E-state index is 13.7. The highest BCUT2D eigenvalue weighted by Gasteiger charge is 2.38. The molecule has 5 rings (SSSR count). The number of alkyl halides is 2. The fourth-order valence-electron chi connectivity index (χ4n) is 5.12. The Morgan fingerprint density at radius 1 is 1.24 bits per heavy atom. The van der Waals surface area contributed by atoms with Gasteiger partial charge < -0.3 is 14.5 Å². The molecular weight excluding hydrogens is 516 g/mol. The minimum absolute atomic E-state index is 0.0288. The number of amides is 2. The van der Waals surface area contributed by atoms with Crippen molar-refractivity contribution in [2.24, 2.45) is 0 Å². The molecular formula is C27H24ClF2N5O3. The maximum Gasteiger partial charge on any atom is 0.387 e. The predicted octanol–water partition coefficient (Wildman–Crippen LogP) is 4.81. The van der Waals surface area contributed by atoms with E-state index in [1.807, 2.05) is 19.9 Å². The Morgan fingerprint density at radius 2 is 2.03 bits per heavy atom. The zero-order chi connectivity index (χ0) is 27.1. The summed E-state index contributed by atoms with van der Waals surface area (Å²) < 4.78 is 31.6. The number of nitriles is 1. The van der Waals surface area contributed by atoms with Gasteiger partial charge in [-0.2, -0.15) is 19.1 Å². The van der Waals surface area contributed by atoms with E-state index in [-0.39, 0.29) is 40.7 Å². The highest BCUT2D eigenvalue weighted by molar-refractivity contribution is 6.31. The van der Waals surface area contributed by atoms with E-state index in [9.17, 15) is 23.6 Å². The van der Waals surface area contributed by atoms with E-state index in [1.54, 1.807) is 32.7 Å². The lowest BCUT2D eigenvalue weighted by molar-refractivity contribution is -0.0499. The van der Waals surface area contributed by atoms with Gasteiger partial charge in [-0.1, -0.05) is 23.7 Å². The Hall–Kier alpha value is -3.97. The van der Waals surface area contributed by atoms with Gasteiger partial charge in [0.25, 0.3) is 11.8 Å². The molecule has 2 amide bonds. The topological polar surface area (TPSA) is 91.5 Å². The number of benzene rings is 2. The Bertz CT molecular complexity index is 1470. The number of nitrogens with zero attached hydrogens (tertiary/aromatic N) is 5. The standard InChI is InChI=1S/C27H24ClF2N5O3/c1-15-10-23-21(14-34(15)25(36)18-6-7-22(28)19(11-18)13-31)24-26(37)33(8-9-35(24)32-23)16(2)17-4-3-5-20(12-17)38-27(29)30/h3-7,11-12,15-16,27H,8-10,14H2,1-2H3/t15-,16+/m1/s1. The smallest absolute Gasteiger partial charge is 0.387 e. The van der Waals surface area contributed by atoms with Gasteiger partial charge >= 0.3 is 6.61 Å². The normalized spacial score (nSPS) is 17.6. The molecule has 196 valence electrons. The lowest BCUT2D eigenvalue weighted by Crippen LogP contribution is -2.44. The molecule has 11 heteroatoms. The molecule has 3 heterocycles. The van der Waals surface area contributed by atoms with E-state index in [2.05, 4.69) is 9.84 Å². The monoisotopic (exact) mass is 539 g/mol. The van der Waals surface area contributed by atoms with E-state index in [1.165, 1.54) is 24.3 Å². The summed E-state index contributed by atoms with van der Waals surface area (Å²) in [6, 6.07) is 12.3. The van der Waals surface area contributed by atoms with E-state index in [4.69, 9.17) is 11.6 Å². The van der Waals surface area contributed by atoms with Crippen LogP contribution in [0.25, 0.3) is 0 Å². The molecule has 0 aliphatic carbocycles. The summed E-state index contributed by atoms with van der Waals surface area (Å²) in [6.45, 7) is 1.88. The first-order chi connectivity index (χ1) is 18.2. The molecule has 0 saturated heterocycles. The van der Waals surface area contributed by atoms with Gasteiger partial charge in [0, 0.05) is 30.1 Å². The van der Waals surface area contributed by atoms with Crippen molar-refractivity contribution in [1.29, 1.82) is 5.26 Å². The van der Waals surface area contributed by atoms with Crippen molar-refractivity contribution in [2.45, 2.75) is 52.1 Å². The highest BCUT2D eigenvalue weighted by atomic mass is 35.5. The first kappa shape index (κ1) is 25.7. The zero-order valence-electron chi connectivity index (χ0n) is 20.7. The van der Waals surface area contributed by atoms with Crippen molar-refractivity contribution in [3.05, 3.63) is 81.1 Å². The van der Waals surface area contributed by atoms with Crippen LogP contribution < -0.4 is 4.74 Å². The van der Waals surface area contributed by atoms with E-state index >= 15 is 0 Å². The van der Waals surface area contributed by atoms with Gasteiger partial charge in [0.2, 0.25) is 0 Å². The second kappa shape index (κ2) is 10.1. The van der Waals surface area contributed by atoms with Gasteiger partial charge in [0.1, 0.15) is 17.5 Å². The molecule has 0 spiro atoms. The molecule has 0 bridgehead atoms. The van der Waals surface area contributed by atoms with Crippen LogP contribution in [0.5, 0.6) is 5.75 Å². The Kier molecular flexibility index (Phi) is 6.80. The average molecular weight is 540 g/mol. The summed E-state index contributed by atoms with van der Waals surface area (Å²) in [5, 5.41) is 14.3. The van der Waals surface area contributed by atoms with Gasteiger partial charge in [-0.05, 0) is 49.7 Å². The summed E-state index contributed by atoms with van der Waals surface area (Å²) in [4.78, 5) is 30.5. The number of hydrogen-bond donors (Lipinski definition) is 0. The quantitative estimate of drug-likeness (QED) is 0.464. The molecule has 0 unspecified atom stereocenters. The molecule has 0 N–H and O–H groups in total. The van der Waals surface area contributed by atoms with Gasteiger partial charge in [-0.15, -0.1) is 0 Å². The molecule has 3 aromatic rings. The SMILES string of the molecule is C[C@@H]1Cc2nn3c(c2CN1C(=O)c1ccc(Cl)c(C#N)c1)C(=O)N([C@@H](C)c1cccc(OC(F)F)c1)CC3. The average Bonchev–Trinajstić information content (AvgIpc) is 3.25. The molecule has 2 aliphatic heterocycles. The van der Waals surface area contributed by atoms with Crippen LogP contribution >= 0.6 is 11.6 Å². The van der Waals surface area contributed by atoms with Crippen molar-refractivity contribution in [3.8, 4) is 11.8 Å². The largest absolute Gasteiger partial charge is 0.435 e. The fourth-order valence-corrected chi connectivity index (χ4v) is 5.28. The van der Waals surface area contributed by atoms with Crippen molar-refractivity contribution in [2.75, 3.05) is 6.54 Å². The van der Waals surface area contributed by atoms with E-state index < -0.39 is 12.7 Å². The molecule has 2 aliphatic rings. The third-order valence-electron chi connectivity index (χ3n) is 7.13. The van der Waals surface area contributed by atoms with Crippen LogP contribution in [0.15, 0.2) is 42.5 Å². The Balaban J connectivity index is 1.42. The highest BCUT2D eigenvalue weighted by Crippen LogP contribution is 2.33. The number of halogens is 3. The molecule has 1 aromatic heterocycles.